The van der Waals surface area contributed by atoms with Crippen LogP contribution in [-0.4, -0.2) is 44.5 Å². The largest absolute Gasteiger partial charge is 0.355 e. The van der Waals surface area contributed by atoms with E-state index < -0.39 is 10.0 Å². The number of rotatable bonds is 9. The third-order valence-electron chi connectivity index (χ3n) is 2.51. The van der Waals surface area contributed by atoms with Gasteiger partial charge in [0.2, 0.25) is 15.9 Å². The summed E-state index contributed by atoms with van der Waals surface area (Å²) < 4.78 is 24.4. The molecule has 0 atom stereocenters. The molecule has 108 valence electrons. The maximum Gasteiger partial charge on any atom is 0.220 e. The zero-order chi connectivity index (χ0) is 14.2. The van der Waals surface area contributed by atoms with Crippen LogP contribution in [0.5, 0.6) is 0 Å². The number of hydrogen-bond acceptors (Lipinski definition) is 3. The van der Waals surface area contributed by atoms with Crippen LogP contribution in [0.4, 0.5) is 0 Å². The summed E-state index contributed by atoms with van der Waals surface area (Å²) >= 11 is 0. The Morgan fingerprint density at radius 2 is 1.89 bits per heavy atom. The third kappa shape index (κ3) is 8.47. The van der Waals surface area contributed by atoms with Gasteiger partial charge >= 0.3 is 0 Å². The normalized spacial score (nSPS) is 12.1. The molecule has 5 nitrogen and oxygen atoms in total. The van der Waals surface area contributed by atoms with Crippen molar-refractivity contribution in [3.63, 3.8) is 0 Å². The van der Waals surface area contributed by atoms with E-state index in [0.717, 1.165) is 12.8 Å². The highest BCUT2D eigenvalue weighted by atomic mass is 32.2. The first-order valence-electron chi connectivity index (χ1n) is 6.49. The number of carbonyl (C=O) groups is 1. The molecule has 0 rings (SSSR count). The van der Waals surface area contributed by atoms with Gasteiger partial charge in [-0.1, -0.05) is 27.2 Å². The maximum absolute atomic E-state index is 11.5. The van der Waals surface area contributed by atoms with Crippen LogP contribution in [0.2, 0.25) is 0 Å². The molecule has 1 amide bonds. The second-order valence-corrected chi connectivity index (χ2v) is 6.95. The van der Waals surface area contributed by atoms with Crippen LogP contribution in [0.1, 0.15) is 40.0 Å². The van der Waals surface area contributed by atoms with Crippen LogP contribution in [0.25, 0.3) is 0 Å². The fourth-order valence-electron chi connectivity index (χ4n) is 1.54. The van der Waals surface area contributed by atoms with E-state index in [2.05, 4.69) is 5.32 Å². The summed E-state index contributed by atoms with van der Waals surface area (Å²) in [5, 5.41) is 2.75. The molecular weight excluding hydrogens is 252 g/mol. The van der Waals surface area contributed by atoms with Gasteiger partial charge in [-0.3, -0.25) is 4.79 Å². The van der Waals surface area contributed by atoms with Crippen LogP contribution in [0.3, 0.4) is 0 Å². The van der Waals surface area contributed by atoms with E-state index in [1.165, 1.54) is 10.6 Å². The van der Waals surface area contributed by atoms with Crippen molar-refractivity contribution in [2.24, 2.45) is 5.92 Å². The van der Waals surface area contributed by atoms with Gasteiger partial charge in [0.05, 0.1) is 6.26 Å². The molecule has 0 fully saturated rings. The number of hydrogen-bond donors (Lipinski definition) is 1. The molecule has 1 N–H and O–H groups in total. The Kier molecular flexibility index (Phi) is 8.18. The van der Waals surface area contributed by atoms with Gasteiger partial charge in [-0.25, -0.2) is 12.7 Å². The van der Waals surface area contributed by atoms with Crippen molar-refractivity contribution >= 4 is 15.9 Å². The quantitative estimate of drug-likeness (QED) is 0.689. The molecular formula is C12H26N2O3S. The topological polar surface area (TPSA) is 66.5 Å². The van der Waals surface area contributed by atoms with E-state index in [-0.39, 0.29) is 5.91 Å². The SMILES string of the molecule is CCCCN(CCNC(=O)CC(C)C)S(C)(=O)=O. The third-order valence-corrected chi connectivity index (χ3v) is 3.81. The van der Waals surface area contributed by atoms with Crippen LogP contribution >= 0.6 is 0 Å². The highest BCUT2D eigenvalue weighted by Gasteiger charge is 2.15. The van der Waals surface area contributed by atoms with Crippen molar-refractivity contribution in [1.29, 1.82) is 0 Å². The Hall–Kier alpha value is -0.620. The van der Waals surface area contributed by atoms with Crippen molar-refractivity contribution in [1.82, 2.24) is 9.62 Å². The standard InChI is InChI=1S/C12H26N2O3S/c1-5-6-8-14(18(4,16)17)9-7-13-12(15)10-11(2)3/h11H,5-10H2,1-4H3,(H,13,15). The van der Waals surface area contributed by atoms with Gasteiger partial charge in [0.25, 0.3) is 0 Å². The molecule has 0 saturated carbocycles. The fourth-order valence-corrected chi connectivity index (χ4v) is 2.42. The molecule has 0 bridgehead atoms. The lowest BCUT2D eigenvalue weighted by Crippen LogP contribution is -2.38. The molecule has 0 aromatic carbocycles. The van der Waals surface area contributed by atoms with E-state index in [9.17, 15) is 13.2 Å². The molecule has 6 heteroatoms. The molecule has 0 saturated heterocycles. The number of carbonyl (C=O) groups excluding carboxylic acids is 1. The van der Waals surface area contributed by atoms with E-state index in [1.54, 1.807) is 0 Å². The predicted molar refractivity (Wildman–Crippen MR) is 73.8 cm³/mol. The number of nitrogens with zero attached hydrogens (tertiary/aromatic N) is 1. The zero-order valence-electron chi connectivity index (χ0n) is 11.9. The zero-order valence-corrected chi connectivity index (χ0v) is 12.7. The average Bonchev–Trinajstić information content (AvgIpc) is 2.20. The molecule has 18 heavy (non-hydrogen) atoms. The van der Waals surface area contributed by atoms with Gasteiger partial charge in [0.1, 0.15) is 0 Å². The van der Waals surface area contributed by atoms with Gasteiger partial charge in [-0.2, -0.15) is 0 Å². The second-order valence-electron chi connectivity index (χ2n) is 4.96. The minimum absolute atomic E-state index is 0.0195. The maximum atomic E-state index is 11.5. The molecule has 0 radical (unpaired) electrons. The van der Waals surface area contributed by atoms with E-state index >= 15 is 0 Å². The first-order chi connectivity index (χ1) is 8.27. The minimum atomic E-state index is -3.18. The van der Waals surface area contributed by atoms with Crippen molar-refractivity contribution < 1.29 is 13.2 Å². The average molecular weight is 278 g/mol. The lowest BCUT2D eigenvalue weighted by Gasteiger charge is -2.19. The van der Waals surface area contributed by atoms with Gasteiger partial charge in [-0.05, 0) is 12.3 Å². The highest BCUT2D eigenvalue weighted by molar-refractivity contribution is 7.88. The first-order valence-corrected chi connectivity index (χ1v) is 8.34. The molecule has 0 spiro atoms. The number of unbranched alkanes of at least 4 members (excludes halogenated alkanes) is 1. The summed E-state index contributed by atoms with van der Waals surface area (Å²) in [6, 6.07) is 0. The monoisotopic (exact) mass is 278 g/mol. The van der Waals surface area contributed by atoms with Crippen LogP contribution in [0, 0.1) is 5.92 Å². The Morgan fingerprint density at radius 3 is 2.33 bits per heavy atom. The van der Waals surface area contributed by atoms with Gasteiger partial charge in [-0.15, -0.1) is 0 Å². The van der Waals surface area contributed by atoms with Crippen molar-refractivity contribution in [3.8, 4) is 0 Å². The molecule has 0 aromatic heterocycles. The summed E-state index contributed by atoms with van der Waals surface area (Å²) in [6.07, 6.45) is 3.48. The Labute approximate surface area is 111 Å². The molecule has 0 aliphatic heterocycles. The minimum Gasteiger partial charge on any atom is -0.355 e. The van der Waals surface area contributed by atoms with Crippen molar-refractivity contribution in [2.45, 2.75) is 40.0 Å². The number of amides is 1. The van der Waals surface area contributed by atoms with E-state index in [0.29, 0.717) is 32.0 Å². The summed E-state index contributed by atoms with van der Waals surface area (Å²) in [5.41, 5.74) is 0. The van der Waals surface area contributed by atoms with Crippen molar-refractivity contribution in [2.75, 3.05) is 25.9 Å². The molecule has 0 aromatic rings. The van der Waals surface area contributed by atoms with E-state index in [4.69, 9.17) is 0 Å². The lowest BCUT2D eigenvalue weighted by atomic mass is 10.1. The van der Waals surface area contributed by atoms with Crippen LogP contribution in [-0.2, 0) is 14.8 Å². The van der Waals surface area contributed by atoms with Crippen molar-refractivity contribution in [3.05, 3.63) is 0 Å². The molecule has 0 heterocycles. The number of nitrogens with one attached hydrogen (secondary N) is 1. The summed E-state index contributed by atoms with van der Waals surface area (Å²) in [7, 11) is -3.18. The molecule has 0 aliphatic rings. The Morgan fingerprint density at radius 1 is 1.28 bits per heavy atom. The predicted octanol–water partition coefficient (Wildman–Crippen LogP) is 1.21. The fraction of sp³-hybridized carbons (Fsp3) is 0.917. The van der Waals surface area contributed by atoms with Crippen LogP contribution in [0.15, 0.2) is 0 Å². The van der Waals surface area contributed by atoms with Crippen LogP contribution < -0.4 is 5.32 Å². The van der Waals surface area contributed by atoms with Gasteiger partial charge < -0.3 is 5.32 Å². The van der Waals surface area contributed by atoms with Gasteiger partial charge in [0, 0.05) is 26.1 Å². The van der Waals surface area contributed by atoms with E-state index in [1.807, 2.05) is 20.8 Å². The lowest BCUT2D eigenvalue weighted by molar-refractivity contribution is -0.121. The summed E-state index contributed by atoms with van der Waals surface area (Å²) in [6.45, 7) is 7.22. The Bertz CT molecular complexity index is 339. The first kappa shape index (κ1) is 17.4. The second kappa shape index (κ2) is 8.48. The Balaban J connectivity index is 4.08. The number of sulfonamides is 1. The van der Waals surface area contributed by atoms with Gasteiger partial charge in [0.15, 0.2) is 0 Å². The smallest absolute Gasteiger partial charge is 0.220 e. The molecule has 0 unspecified atom stereocenters. The molecule has 0 aliphatic carbocycles. The summed E-state index contributed by atoms with van der Waals surface area (Å²) in [4.78, 5) is 11.4. The summed E-state index contributed by atoms with van der Waals surface area (Å²) in [5.74, 6) is 0.296. The highest BCUT2D eigenvalue weighted by Crippen LogP contribution is 2.01.